The molecule has 1 fully saturated rings. The fraction of sp³-hybridized carbons (Fsp3) is 0.355. The van der Waals surface area contributed by atoms with E-state index in [-0.39, 0.29) is 42.6 Å². The lowest BCUT2D eigenvalue weighted by Gasteiger charge is -2.39. The third kappa shape index (κ3) is 8.16. The number of nitrogens with one attached hydrogen (secondary N) is 1. The molecular formula is C31H38N4O5S. The number of piperidine rings is 1. The van der Waals surface area contributed by atoms with Crippen molar-refractivity contribution in [3.63, 3.8) is 0 Å². The number of ether oxygens (including phenoxy) is 1. The van der Waals surface area contributed by atoms with Crippen LogP contribution in [0.5, 0.6) is 0 Å². The molecule has 0 atom stereocenters. The Bertz CT molecular complexity index is 1380. The summed E-state index contributed by atoms with van der Waals surface area (Å²) in [6.45, 7) is 3.23. The zero-order valence-electron chi connectivity index (χ0n) is 23.6. The Labute approximate surface area is 242 Å². The van der Waals surface area contributed by atoms with Gasteiger partial charge in [-0.05, 0) is 49.6 Å². The van der Waals surface area contributed by atoms with Crippen LogP contribution in [0.15, 0.2) is 89.8 Å². The predicted octanol–water partition coefficient (Wildman–Crippen LogP) is 4.36. The molecule has 1 saturated heterocycles. The van der Waals surface area contributed by atoms with Crippen molar-refractivity contribution in [3.05, 3.63) is 96.1 Å². The molecule has 0 saturated carbocycles. The molecule has 0 bridgehead atoms. The van der Waals surface area contributed by atoms with Crippen molar-refractivity contribution in [2.45, 2.75) is 37.2 Å². The second-order valence-corrected chi connectivity index (χ2v) is 12.1. The van der Waals surface area contributed by atoms with E-state index in [0.29, 0.717) is 32.5 Å². The molecule has 9 nitrogen and oxygen atoms in total. The summed E-state index contributed by atoms with van der Waals surface area (Å²) >= 11 is 0. The van der Waals surface area contributed by atoms with E-state index in [0.717, 1.165) is 16.8 Å². The second-order valence-electron chi connectivity index (χ2n) is 10.2. The van der Waals surface area contributed by atoms with Crippen LogP contribution >= 0.6 is 0 Å². The number of para-hydroxylation sites is 1. The zero-order valence-corrected chi connectivity index (χ0v) is 24.4. The first-order valence-electron chi connectivity index (χ1n) is 13.8. The van der Waals surface area contributed by atoms with Gasteiger partial charge < -0.3 is 19.9 Å². The van der Waals surface area contributed by atoms with E-state index in [4.69, 9.17) is 4.74 Å². The summed E-state index contributed by atoms with van der Waals surface area (Å²) in [5.74, 6) is -0.284. The second kappa shape index (κ2) is 14.2. The molecule has 0 radical (unpaired) electrons. The number of hydrogen-bond donors (Lipinski definition) is 1. The van der Waals surface area contributed by atoms with Gasteiger partial charge in [-0.1, -0.05) is 66.2 Å². The summed E-state index contributed by atoms with van der Waals surface area (Å²) in [5.41, 5.74) is 2.80. The van der Waals surface area contributed by atoms with Crippen molar-refractivity contribution in [3.8, 4) is 0 Å². The lowest BCUT2D eigenvalue weighted by Crippen LogP contribution is -2.52. The molecule has 1 N–H and O–H groups in total. The van der Waals surface area contributed by atoms with E-state index in [2.05, 4.69) is 5.32 Å². The monoisotopic (exact) mass is 578 g/mol. The molecule has 218 valence electrons. The zero-order chi connectivity index (χ0) is 29.2. The molecule has 0 unspecified atom stereocenters. The Hall–Kier alpha value is -3.73. The van der Waals surface area contributed by atoms with Gasteiger partial charge >= 0.3 is 6.03 Å². The number of benzene rings is 3. The van der Waals surface area contributed by atoms with E-state index in [1.54, 1.807) is 28.0 Å². The Morgan fingerprint density at radius 3 is 2.15 bits per heavy atom. The fourth-order valence-corrected chi connectivity index (χ4v) is 6.27. The molecule has 0 aliphatic carbocycles. The smallest absolute Gasteiger partial charge is 0.321 e. The molecule has 0 aromatic heterocycles. The highest BCUT2D eigenvalue weighted by Gasteiger charge is 2.33. The predicted molar refractivity (Wildman–Crippen MR) is 159 cm³/mol. The van der Waals surface area contributed by atoms with Crippen molar-refractivity contribution in [1.29, 1.82) is 0 Å². The minimum atomic E-state index is -3.92. The number of carbonyl (C=O) groups excluding carboxylic acids is 2. The van der Waals surface area contributed by atoms with E-state index in [1.165, 1.54) is 23.5 Å². The Balaban J connectivity index is 1.51. The van der Waals surface area contributed by atoms with Crippen LogP contribution in [0.4, 0.5) is 10.5 Å². The number of anilines is 1. The summed E-state index contributed by atoms with van der Waals surface area (Å²) in [5, 5.41) is 2.92. The van der Waals surface area contributed by atoms with Crippen LogP contribution in [0.25, 0.3) is 0 Å². The SMILES string of the molecule is COCCN(CC(=O)N(Cc1ccc(C)cc1)C1CCN(C(=O)Nc2ccccc2)CC1)S(=O)(=O)c1ccccc1. The maximum absolute atomic E-state index is 13.9. The van der Waals surface area contributed by atoms with Gasteiger partial charge in [0.1, 0.15) is 0 Å². The van der Waals surface area contributed by atoms with E-state index in [1.807, 2.05) is 61.5 Å². The molecule has 3 aromatic rings. The number of rotatable bonds is 11. The number of hydrogen-bond acceptors (Lipinski definition) is 5. The lowest BCUT2D eigenvalue weighted by atomic mass is 10.0. The molecule has 1 aliphatic heterocycles. The minimum Gasteiger partial charge on any atom is -0.383 e. The summed E-state index contributed by atoms with van der Waals surface area (Å²) in [6.07, 6.45) is 1.17. The largest absolute Gasteiger partial charge is 0.383 e. The number of sulfonamides is 1. The van der Waals surface area contributed by atoms with Crippen LogP contribution in [-0.2, 0) is 26.1 Å². The Morgan fingerprint density at radius 1 is 0.927 bits per heavy atom. The number of amides is 3. The number of aryl methyl sites for hydroxylation is 1. The topological polar surface area (TPSA) is 99.3 Å². The summed E-state index contributed by atoms with van der Waals surface area (Å²) in [6, 6.07) is 25.1. The molecule has 3 aromatic carbocycles. The van der Waals surface area contributed by atoms with E-state index >= 15 is 0 Å². The van der Waals surface area contributed by atoms with Gasteiger partial charge in [0, 0.05) is 45.0 Å². The van der Waals surface area contributed by atoms with Gasteiger partial charge in [0.2, 0.25) is 15.9 Å². The van der Waals surface area contributed by atoms with Crippen LogP contribution in [0.2, 0.25) is 0 Å². The number of urea groups is 1. The standard InChI is InChI=1S/C31H38N4O5S/c1-25-13-15-26(16-14-25)23-35(28-17-19-33(20-18-28)31(37)32-27-9-5-3-6-10-27)30(36)24-34(21-22-40-2)41(38,39)29-11-7-4-8-12-29/h3-16,28H,17-24H2,1-2H3,(H,32,37). The molecular weight excluding hydrogens is 540 g/mol. The van der Waals surface area contributed by atoms with Gasteiger partial charge in [-0.25, -0.2) is 13.2 Å². The van der Waals surface area contributed by atoms with Gasteiger partial charge in [-0.2, -0.15) is 4.31 Å². The van der Waals surface area contributed by atoms with Crippen molar-refractivity contribution >= 4 is 27.6 Å². The van der Waals surface area contributed by atoms with Crippen molar-refractivity contribution in [2.75, 3.05) is 45.2 Å². The molecule has 0 spiro atoms. The summed E-state index contributed by atoms with van der Waals surface area (Å²) in [7, 11) is -2.42. The average Bonchev–Trinajstić information content (AvgIpc) is 2.99. The molecule has 3 amide bonds. The van der Waals surface area contributed by atoms with Crippen LogP contribution in [0.3, 0.4) is 0 Å². The van der Waals surface area contributed by atoms with Crippen molar-refractivity contribution in [1.82, 2.24) is 14.1 Å². The first-order chi connectivity index (χ1) is 19.8. The highest BCUT2D eigenvalue weighted by Crippen LogP contribution is 2.22. The molecule has 4 rings (SSSR count). The molecule has 1 aliphatic rings. The van der Waals surface area contributed by atoms with Gasteiger partial charge in [-0.15, -0.1) is 0 Å². The van der Waals surface area contributed by atoms with Gasteiger partial charge in [0.05, 0.1) is 18.0 Å². The first kappa shape index (κ1) is 30.2. The lowest BCUT2D eigenvalue weighted by molar-refractivity contribution is -0.135. The molecule has 1 heterocycles. The Kier molecular flexibility index (Phi) is 10.5. The van der Waals surface area contributed by atoms with Gasteiger partial charge in [-0.3, -0.25) is 4.79 Å². The average molecular weight is 579 g/mol. The first-order valence-corrected chi connectivity index (χ1v) is 15.2. The third-order valence-corrected chi connectivity index (χ3v) is 9.11. The van der Waals surface area contributed by atoms with Crippen molar-refractivity contribution < 1.29 is 22.7 Å². The van der Waals surface area contributed by atoms with Gasteiger partial charge in [0.25, 0.3) is 0 Å². The maximum atomic E-state index is 13.9. The Morgan fingerprint density at radius 2 is 1.54 bits per heavy atom. The van der Waals surface area contributed by atoms with Crippen LogP contribution in [0.1, 0.15) is 24.0 Å². The highest BCUT2D eigenvalue weighted by molar-refractivity contribution is 7.89. The van der Waals surface area contributed by atoms with Crippen molar-refractivity contribution in [2.24, 2.45) is 0 Å². The highest BCUT2D eigenvalue weighted by atomic mass is 32.2. The summed E-state index contributed by atoms with van der Waals surface area (Å²) in [4.78, 5) is 30.4. The van der Waals surface area contributed by atoms with E-state index < -0.39 is 10.0 Å². The molecule has 41 heavy (non-hydrogen) atoms. The van der Waals surface area contributed by atoms with Crippen LogP contribution < -0.4 is 5.32 Å². The van der Waals surface area contributed by atoms with Crippen LogP contribution in [-0.4, -0.2) is 80.4 Å². The van der Waals surface area contributed by atoms with Crippen LogP contribution in [0, 0.1) is 6.92 Å². The number of nitrogens with zero attached hydrogens (tertiary/aromatic N) is 3. The maximum Gasteiger partial charge on any atom is 0.321 e. The van der Waals surface area contributed by atoms with E-state index in [9.17, 15) is 18.0 Å². The minimum absolute atomic E-state index is 0.0515. The third-order valence-electron chi connectivity index (χ3n) is 7.25. The molecule has 10 heteroatoms. The normalized spacial score (nSPS) is 14.2. The van der Waals surface area contributed by atoms with Gasteiger partial charge in [0.15, 0.2) is 0 Å². The fourth-order valence-electron chi connectivity index (χ4n) is 4.88. The summed E-state index contributed by atoms with van der Waals surface area (Å²) < 4.78 is 33.3. The number of likely N-dealkylation sites (tertiary alicyclic amines) is 1. The number of carbonyl (C=O) groups is 2. The quantitative estimate of drug-likeness (QED) is 0.365. The number of methoxy groups -OCH3 is 1.